The Bertz CT molecular complexity index is 475. The average Bonchev–Trinajstić information content (AvgIpc) is 2.89. The molecule has 96 valence electrons. The lowest BCUT2D eigenvalue weighted by atomic mass is 10.3. The van der Waals surface area contributed by atoms with Crippen LogP contribution in [0.5, 0.6) is 0 Å². The number of aromatic nitrogens is 2. The Morgan fingerprint density at radius 1 is 1.39 bits per heavy atom. The normalized spacial score (nSPS) is 12.6. The van der Waals surface area contributed by atoms with Gasteiger partial charge in [0.25, 0.3) is 0 Å². The standard InChI is InChI=1S/C13H15ClN2OS/c1-10(13-16-12(8-14)9-18-13)17-7-5-11-4-2-3-6-15-11/h2-4,6,9-10H,5,7-8H2,1H3. The van der Waals surface area contributed by atoms with Gasteiger partial charge in [-0.3, -0.25) is 4.98 Å². The summed E-state index contributed by atoms with van der Waals surface area (Å²) in [5, 5.41) is 2.95. The second-order valence-electron chi connectivity index (χ2n) is 3.89. The van der Waals surface area contributed by atoms with Crippen molar-refractivity contribution in [1.29, 1.82) is 0 Å². The Morgan fingerprint density at radius 3 is 2.94 bits per heavy atom. The lowest BCUT2D eigenvalue weighted by molar-refractivity contribution is 0.0674. The molecule has 0 saturated carbocycles. The molecule has 18 heavy (non-hydrogen) atoms. The van der Waals surface area contributed by atoms with Crippen LogP contribution < -0.4 is 0 Å². The van der Waals surface area contributed by atoms with Crippen molar-refractivity contribution in [3.63, 3.8) is 0 Å². The van der Waals surface area contributed by atoms with Crippen LogP contribution in [-0.4, -0.2) is 16.6 Å². The third-order valence-electron chi connectivity index (χ3n) is 2.51. The number of rotatable bonds is 6. The minimum atomic E-state index is 0.00989. The van der Waals surface area contributed by atoms with Crippen LogP contribution in [0, 0.1) is 0 Å². The highest BCUT2D eigenvalue weighted by Crippen LogP contribution is 2.21. The van der Waals surface area contributed by atoms with Gasteiger partial charge in [0.05, 0.1) is 18.2 Å². The van der Waals surface area contributed by atoms with Crippen LogP contribution in [0.2, 0.25) is 0 Å². The summed E-state index contributed by atoms with van der Waals surface area (Å²) in [7, 11) is 0. The maximum absolute atomic E-state index is 5.75. The van der Waals surface area contributed by atoms with Crippen molar-refractivity contribution in [2.45, 2.75) is 25.3 Å². The number of pyridine rings is 1. The van der Waals surface area contributed by atoms with Gasteiger partial charge in [-0.05, 0) is 19.1 Å². The fourth-order valence-corrected chi connectivity index (χ4v) is 2.58. The Morgan fingerprint density at radius 2 is 2.28 bits per heavy atom. The van der Waals surface area contributed by atoms with E-state index >= 15 is 0 Å². The lowest BCUT2D eigenvalue weighted by Crippen LogP contribution is -2.04. The molecule has 2 aromatic heterocycles. The molecule has 0 amide bonds. The number of ether oxygens (including phenoxy) is 1. The SMILES string of the molecule is CC(OCCc1ccccn1)c1nc(CCl)cs1. The van der Waals surface area contributed by atoms with E-state index in [2.05, 4.69) is 9.97 Å². The molecule has 5 heteroatoms. The van der Waals surface area contributed by atoms with E-state index in [9.17, 15) is 0 Å². The summed E-state index contributed by atoms with van der Waals surface area (Å²) in [6, 6.07) is 5.90. The summed E-state index contributed by atoms with van der Waals surface area (Å²) in [6.07, 6.45) is 2.63. The van der Waals surface area contributed by atoms with Crippen molar-refractivity contribution in [2.24, 2.45) is 0 Å². The maximum atomic E-state index is 5.75. The van der Waals surface area contributed by atoms with Crippen molar-refractivity contribution >= 4 is 22.9 Å². The van der Waals surface area contributed by atoms with Gasteiger partial charge in [-0.25, -0.2) is 4.98 Å². The highest BCUT2D eigenvalue weighted by atomic mass is 35.5. The lowest BCUT2D eigenvalue weighted by Gasteiger charge is -2.09. The molecule has 0 N–H and O–H groups in total. The molecule has 0 radical (unpaired) electrons. The Balaban J connectivity index is 1.79. The number of nitrogens with zero attached hydrogens (tertiary/aromatic N) is 2. The quantitative estimate of drug-likeness (QED) is 0.760. The zero-order chi connectivity index (χ0) is 12.8. The molecule has 1 atom stereocenters. The van der Waals surface area contributed by atoms with Crippen LogP contribution >= 0.6 is 22.9 Å². The fourth-order valence-electron chi connectivity index (χ4n) is 1.53. The topological polar surface area (TPSA) is 35.0 Å². The van der Waals surface area contributed by atoms with Crippen LogP contribution in [0.3, 0.4) is 0 Å². The predicted octanol–water partition coefficient (Wildman–Crippen LogP) is 3.60. The summed E-state index contributed by atoms with van der Waals surface area (Å²) in [5.74, 6) is 0.456. The molecule has 0 aliphatic rings. The molecule has 1 unspecified atom stereocenters. The summed E-state index contributed by atoms with van der Waals surface area (Å²) in [4.78, 5) is 8.66. The van der Waals surface area contributed by atoms with Crippen LogP contribution in [-0.2, 0) is 17.0 Å². The van der Waals surface area contributed by atoms with Crippen molar-refractivity contribution in [3.8, 4) is 0 Å². The maximum Gasteiger partial charge on any atom is 0.122 e. The minimum Gasteiger partial charge on any atom is -0.371 e. The number of hydrogen-bond acceptors (Lipinski definition) is 4. The van der Waals surface area contributed by atoms with E-state index in [1.165, 1.54) is 0 Å². The van der Waals surface area contributed by atoms with Gasteiger partial charge in [0.2, 0.25) is 0 Å². The van der Waals surface area contributed by atoms with Gasteiger partial charge in [0.15, 0.2) is 0 Å². The molecule has 0 aromatic carbocycles. The first-order valence-electron chi connectivity index (χ1n) is 5.81. The predicted molar refractivity (Wildman–Crippen MR) is 74.0 cm³/mol. The van der Waals surface area contributed by atoms with Gasteiger partial charge in [0.1, 0.15) is 11.1 Å². The van der Waals surface area contributed by atoms with Gasteiger partial charge in [-0.2, -0.15) is 0 Å². The molecule has 0 saturated heterocycles. The van der Waals surface area contributed by atoms with E-state index in [1.807, 2.05) is 30.5 Å². The highest BCUT2D eigenvalue weighted by Gasteiger charge is 2.10. The first-order valence-corrected chi connectivity index (χ1v) is 7.23. The van der Waals surface area contributed by atoms with E-state index in [0.717, 1.165) is 22.8 Å². The van der Waals surface area contributed by atoms with Crippen LogP contribution in [0.25, 0.3) is 0 Å². The van der Waals surface area contributed by atoms with E-state index in [-0.39, 0.29) is 6.10 Å². The van der Waals surface area contributed by atoms with Crippen LogP contribution in [0.4, 0.5) is 0 Å². The van der Waals surface area contributed by atoms with Crippen molar-refractivity contribution in [3.05, 3.63) is 46.2 Å². The molecule has 0 spiro atoms. The Hall–Kier alpha value is -0.970. The molecule has 2 aromatic rings. The molecular weight excluding hydrogens is 268 g/mol. The van der Waals surface area contributed by atoms with E-state index in [1.54, 1.807) is 17.5 Å². The second-order valence-corrected chi connectivity index (χ2v) is 5.05. The number of thiazole rings is 1. The zero-order valence-corrected chi connectivity index (χ0v) is 11.7. The fraction of sp³-hybridized carbons (Fsp3) is 0.385. The Labute approximate surface area is 116 Å². The summed E-state index contributed by atoms with van der Waals surface area (Å²) in [6.45, 7) is 2.66. The minimum absolute atomic E-state index is 0.00989. The highest BCUT2D eigenvalue weighted by molar-refractivity contribution is 7.09. The van der Waals surface area contributed by atoms with Gasteiger partial charge in [-0.1, -0.05) is 6.07 Å². The third-order valence-corrected chi connectivity index (χ3v) is 3.83. The summed E-state index contributed by atoms with van der Waals surface area (Å²) < 4.78 is 5.75. The third kappa shape index (κ3) is 3.77. The van der Waals surface area contributed by atoms with E-state index in [4.69, 9.17) is 16.3 Å². The molecular formula is C13H15ClN2OS. The van der Waals surface area contributed by atoms with Crippen molar-refractivity contribution in [2.75, 3.05) is 6.61 Å². The Kier molecular flexibility index (Phi) is 5.11. The molecule has 0 bridgehead atoms. The van der Waals surface area contributed by atoms with Crippen molar-refractivity contribution < 1.29 is 4.74 Å². The molecule has 2 rings (SSSR count). The van der Waals surface area contributed by atoms with E-state index < -0.39 is 0 Å². The van der Waals surface area contributed by atoms with Crippen LogP contribution in [0.15, 0.2) is 29.8 Å². The van der Waals surface area contributed by atoms with Gasteiger partial charge in [-0.15, -0.1) is 22.9 Å². The second kappa shape index (κ2) is 6.83. The number of alkyl halides is 1. The first kappa shape index (κ1) is 13.5. The smallest absolute Gasteiger partial charge is 0.122 e. The van der Waals surface area contributed by atoms with Gasteiger partial charge in [0, 0.05) is 23.7 Å². The monoisotopic (exact) mass is 282 g/mol. The largest absolute Gasteiger partial charge is 0.371 e. The summed E-state index contributed by atoms with van der Waals surface area (Å²) in [5.41, 5.74) is 1.96. The molecule has 0 fully saturated rings. The average molecular weight is 283 g/mol. The summed E-state index contributed by atoms with van der Waals surface area (Å²) >= 11 is 7.32. The van der Waals surface area contributed by atoms with Crippen molar-refractivity contribution in [1.82, 2.24) is 9.97 Å². The van der Waals surface area contributed by atoms with E-state index in [0.29, 0.717) is 12.5 Å². The van der Waals surface area contributed by atoms with Gasteiger partial charge >= 0.3 is 0 Å². The van der Waals surface area contributed by atoms with Crippen LogP contribution in [0.1, 0.15) is 29.4 Å². The molecule has 3 nitrogen and oxygen atoms in total. The zero-order valence-electron chi connectivity index (χ0n) is 10.2. The molecule has 0 aliphatic carbocycles. The molecule has 2 heterocycles. The van der Waals surface area contributed by atoms with Gasteiger partial charge < -0.3 is 4.74 Å². The molecule has 0 aliphatic heterocycles. The first-order chi connectivity index (χ1) is 8.79. The number of hydrogen-bond donors (Lipinski definition) is 0. The number of halogens is 1.